The van der Waals surface area contributed by atoms with Crippen molar-refractivity contribution in [1.82, 2.24) is 0 Å². The summed E-state index contributed by atoms with van der Waals surface area (Å²) in [7, 11) is 0. The minimum atomic E-state index is 0.0112. The van der Waals surface area contributed by atoms with Gasteiger partial charge in [0.15, 0.2) is 0 Å². The zero-order valence-electron chi connectivity index (χ0n) is 22.3. The number of rotatable bonds is 1. The van der Waals surface area contributed by atoms with Crippen molar-refractivity contribution in [2.45, 2.75) is 52.4 Å². The number of benzene rings is 6. The maximum atomic E-state index is 6.80. The number of fused-ring (bicyclic) bond motifs is 3. The van der Waals surface area contributed by atoms with Crippen LogP contribution in [-0.4, -0.2) is 0 Å². The number of furan rings is 1. The first-order chi connectivity index (χ1) is 17.6. The summed E-state index contributed by atoms with van der Waals surface area (Å²) < 4.78 is 6.80. The smallest absolute Gasteiger partial charge is 0.143 e. The highest BCUT2D eigenvalue weighted by atomic mass is 16.3. The predicted molar refractivity (Wildman–Crippen MR) is 160 cm³/mol. The summed E-state index contributed by atoms with van der Waals surface area (Å²) in [5.41, 5.74) is 4.95. The molecule has 0 spiro atoms. The Balaban J connectivity index is 1.72. The van der Waals surface area contributed by atoms with E-state index in [2.05, 4.69) is 114 Å². The van der Waals surface area contributed by atoms with E-state index in [4.69, 9.17) is 4.42 Å². The van der Waals surface area contributed by atoms with Gasteiger partial charge in [-0.1, -0.05) is 96.1 Å². The van der Waals surface area contributed by atoms with Crippen molar-refractivity contribution in [2.75, 3.05) is 0 Å². The van der Waals surface area contributed by atoms with Crippen molar-refractivity contribution in [2.24, 2.45) is 0 Å². The first-order valence-electron chi connectivity index (χ1n) is 13.4. The largest absolute Gasteiger partial charge is 0.455 e. The van der Waals surface area contributed by atoms with Gasteiger partial charge >= 0.3 is 0 Å². The lowest BCUT2D eigenvalue weighted by atomic mass is 9.81. The zero-order chi connectivity index (χ0) is 25.4. The van der Waals surface area contributed by atoms with E-state index in [0.717, 1.165) is 16.9 Å². The topological polar surface area (TPSA) is 13.1 Å². The van der Waals surface area contributed by atoms with Crippen LogP contribution in [0.4, 0.5) is 0 Å². The van der Waals surface area contributed by atoms with Crippen LogP contribution in [0, 0.1) is 0 Å². The number of hydrogen-bond donors (Lipinski definition) is 0. The molecule has 0 amide bonds. The Morgan fingerprint density at radius 2 is 1.03 bits per heavy atom. The molecule has 180 valence electrons. The molecule has 1 aromatic heterocycles. The molecule has 1 nitrogen and oxygen atoms in total. The molecular formula is C36H30O. The average molecular weight is 479 g/mol. The SMILES string of the molecule is CC(C)(C)c1cc2c3cc(-c4ccccc4)oc3c3cc(C(C)(C)C)c4ccc5ccc1c1c5c4c3c21. The second-order valence-electron chi connectivity index (χ2n) is 13.0. The molecule has 1 heteroatoms. The highest BCUT2D eigenvalue weighted by molar-refractivity contribution is 6.48. The van der Waals surface area contributed by atoms with Crippen LogP contribution in [0.3, 0.4) is 0 Å². The minimum Gasteiger partial charge on any atom is -0.455 e. The van der Waals surface area contributed by atoms with E-state index in [1.54, 1.807) is 0 Å². The van der Waals surface area contributed by atoms with Gasteiger partial charge in [0.2, 0.25) is 0 Å². The van der Waals surface area contributed by atoms with Crippen molar-refractivity contribution < 1.29 is 4.42 Å². The third-order valence-electron chi connectivity index (χ3n) is 8.57. The molecule has 0 aliphatic rings. The molecule has 8 aromatic rings. The molecule has 0 saturated carbocycles. The molecule has 0 aliphatic heterocycles. The van der Waals surface area contributed by atoms with E-state index in [-0.39, 0.29) is 10.8 Å². The van der Waals surface area contributed by atoms with Crippen LogP contribution < -0.4 is 0 Å². The summed E-state index contributed by atoms with van der Waals surface area (Å²) in [5, 5.41) is 14.9. The van der Waals surface area contributed by atoms with E-state index in [1.165, 1.54) is 70.4 Å². The lowest BCUT2D eigenvalue weighted by molar-refractivity contribution is 0.596. The quantitative estimate of drug-likeness (QED) is 0.214. The predicted octanol–water partition coefficient (Wildman–Crippen LogP) is 10.8. The molecule has 0 unspecified atom stereocenters. The lowest BCUT2D eigenvalue weighted by Gasteiger charge is -2.23. The Kier molecular flexibility index (Phi) is 3.75. The third kappa shape index (κ3) is 2.60. The summed E-state index contributed by atoms with van der Waals surface area (Å²) in [4.78, 5) is 0. The Morgan fingerprint density at radius 3 is 1.62 bits per heavy atom. The highest BCUT2D eigenvalue weighted by Gasteiger charge is 2.30. The Labute approximate surface area is 216 Å². The zero-order valence-corrected chi connectivity index (χ0v) is 22.3. The van der Waals surface area contributed by atoms with Crippen LogP contribution in [0.5, 0.6) is 0 Å². The molecule has 7 aromatic carbocycles. The van der Waals surface area contributed by atoms with Gasteiger partial charge in [-0.15, -0.1) is 0 Å². The maximum Gasteiger partial charge on any atom is 0.143 e. The Morgan fingerprint density at radius 1 is 0.486 bits per heavy atom. The standard InChI is InChI=1S/C36H30O/c1-35(2,3)26-16-23-24-18-28(19-10-8-7-9-11-19)37-34(24)25-17-27(36(4,5)6)22-15-13-20-12-14-21(26)30-29(20)31(22)33(25)32(23)30/h7-18H,1-6H3. The van der Waals surface area contributed by atoms with Crippen LogP contribution >= 0.6 is 0 Å². The summed E-state index contributed by atoms with van der Waals surface area (Å²) in [6.45, 7) is 14.0. The summed E-state index contributed by atoms with van der Waals surface area (Å²) in [5.74, 6) is 0.936. The van der Waals surface area contributed by atoms with Gasteiger partial charge in [0.1, 0.15) is 11.3 Å². The Hall–Kier alpha value is -3.84. The van der Waals surface area contributed by atoms with E-state index in [0.29, 0.717) is 0 Å². The monoisotopic (exact) mass is 478 g/mol. The van der Waals surface area contributed by atoms with Gasteiger partial charge in [-0.3, -0.25) is 0 Å². The van der Waals surface area contributed by atoms with Gasteiger partial charge in [0, 0.05) is 21.7 Å². The lowest BCUT2D eigenvalue weighted by Crippen LogP contribution is -2.11. The van der Waals surface area contributed by atoms with Gasteiger partial charge in [-0.2, -0.15) is 0 Å². The average Bonchev–Trinajstić information content (AvgIpc) is 3.46. The molecule has 0 fully saturated rings. The van der Waals surface area contributed by atoms with Gasteiger partial charge in [-0.25, -0.2) is 0 Å². The molecule has 37 heavy (non-hydrogen) atoms. The molecule has 0 atom stereocenters. The van der Waals surface area contributed by atoms with E-state index in [1.807, 2.05) is 0 Å². The Bertz CT molecular complexity index is 2000. The molecule has 0 bridgehead atoms. The van der Waals surface area contributed by atoms with Crippen LogP contribution in [0.2, 0.25) is 0 Å². The van der Waals surface area contributed by atoms with Gasteiger partial charge < -0.3 is 4.42 Å². The molecule has 8 rings (SSSR count). The first kappa shape index (κ1) is 21.3. The fraction of sp³-hybridized carbons (Fsp3) is 0.222. The fourth-order valence-corrected chi connectivity index (χ4v) is 6.93. The maximum absolute atomic E-state index is 6.80. The van der Waals surface area contributed by atoms with Crippen LogP contribution in [0.25, 0.3) is 76.2 Å². The van der Waals surface area contributed by atoms with Crippen LogP contribution in [0.15, 0.2) is 77.2 Å². The summed E-state index contributed by atoms with van der Waals surface area (Å²) in [6, 6.07) is 27.1. The fourth-order valence-electron chi connectivity index (χ4n) is 6.93. The molecule has 0 N–H and O–H groups in total. The first-order valence-corrected chi connectivity index (χ1v) is 13.4. The molecule has 0 saturated heterocycles. The molecular weight excluding hydrogens is 448 g/mol. The van der Waals surface area contributed by atoms with E-state index >= 15 is 0 Å². The van der Waals surface area contributed by atoms with Crippen molar-refractivity contribution in [3.8, 4) is 11.3 Å². The van der Waals surface area contributed by atoms with Crippen molar-refractivity contribution >= 4 is 64.8 Å². The van der Waals surface area contributed by atoms with Crippen molar-refractivity contribution in [3.63, 3.8) is 0 Å². The summed E-state index contributed by atoms with van der Waals surface area (Å²) >= 11 is 0. The van der Waals surface area contributed by atoms with Crippen molar-refractivity contribution in [1.29, 1.82) is 0 Å². The highest BCUT2D eigenvalue weighted by Crippen LogP contribution is 2.54. The molecule has 1 heterocycles. The second kappa shape index (κ2) is 6.53. The van der Waals surface area contributed by atoms with Gasteiger partial charge in [0.25, 0.3) is 0 Å². The summed E-state index contributed by atoms with van der Waals surface area (Å²) in [6.07, 6.45) is 0. The van der Waals surface area contributed by atoms with Crippen molar-refractivity contribution in [3.05, 3.63) is 83.9 Å². The van der Waals surface area contributed by atoms with Gasteiger partial charge in [-0.05, 0) is 83.2 Å². The number of hydrogen-bond acceptors (Lipinski definition) is 1. The van der Waals surface area contributed by atoms with Crippen LogP contribution in [0.1, 0.15) is 52.7 Å². The van der Waals surface area contributed by atoms with E-state index < -0.39 is 0 Å². The minimum absolute atomic E-state index is 0.0112. The normalized spacial score (nSPS) is 13.7. The third-order valence-corrected chi connectivity index (χ3v) is 8.57. The molecule has 0 radical (unpaired) electrons. The second-order valence-corrected chi connectivity index (χ2v) is 13.0. The van der Waals surface area contributed by atoms with Gasteiger partial charge in [0.05, 0.1) is 0 Å². The van der Waals surface area contributed by atoms with E-state index in [9.17, 15) is 0 Å². The van der Waals surface area contributed by atoms with Crippen LogP contribution in [-0.2, 0) is 10.8 Å². The molecule has 0 aliphatic carbocycles.